The van der Waals surface area contributed by atoms with Gasteiger partial charge in [0, 0.05) is 17.5 Å². The van der Waals surface area contributed by atoms with Crippen LogP contribution in [-0.2, 0) is 10.0 Å². The molecule has 162 valence electrons. The van der Waals surface area contributed by atoms with E-state index in [1.165, 1.54) is 30.5 Å². The standard InChI is InChI=1S/C22H23N3O4S2/c1-13-5-11-18(12-6-13)31(28,29)25(4)17-9-7-16(8-10-17)21(27)24-22-19(20(23)26)14(2)15(3)30-22/h5-12H,1-4H3,(H2,23,26)(H,24,27). The molecule has 0 bridgehead atoms. The van der Waals surface area contributed by atoms with Crippen LogP contribution in [0.4, 0.5) is 10.7 Å². The first-order chi connectivity index (χ1) is 14.5. The number of nitrogens with zero attached hydrogens (tertiary/aromatic N) is 1. The van der Waals surface area contributed by atoms with Crippen molar-refractivity contribution in [1.29, 1.82) is 0 Å². The van der Waals surface area contributed by atoms with Gasteiger partial charge >= 0.3 is 0 Å². The predicted octanol–water partition coefficient (Wildman–Crippen LogP) is 3.85. The first kappa shape index (κ1) is 22.5. The summed E-state index contributed by atoms with van der Waals surface area (Å²) in [6, 6.07) is 12.8. The number of anilines is 2. The molecule has 3 N–H and O–H groups in total. The summed E-state index contributed by atoms with van der Waals surface area (Å²) < 4.78 is 26.9. The minimum atomic E-state index is -3.72. The van der Waals surface area contributed by atoms with Crippen LogP contribution < -0.4 is 15.4 Å². The van der Waals surface area contributed by atoms with Gasteiger partial charge in [-0.1, -0.05) is 17.7 Å². The van der Waals surface area contributed by atoms with Crippen molar-refractivity contribution in [3.8, 4) is 0 Å². The van der Waals surface area contributed by atoms with Gasteiger partial charge in [-0.05, 0) is 62.7 Å². The molecule has 1 heterocycles. The molecule has 0 saturated carbocycles. The van der Waals surface area contributed by atoms with Crippen LogP contribution in [0.2, 0.25) is 0 Å². The fraction of sp³-hybridized carbons (Fsp3) is 0.182. The number of rotatable bonds is 6. The van der Waals surface area contributed by atoms with Crippen LogP contribution in [0, 0.1) is 20.8 Å². The second-order valence-electron chi connectivity index (χ2n) is 7.14. The van der Waals surface area contributed by atoms with Gasteiger partial charge in [-0.15, -0.1) is 11.3 Å². The van der Waals surface area contributed by atoms with E-state index in [4.69, 9.17) is 5.73 Å². The summed E-state index contributed by atoms with van der Waals surface area (Å²) in [6.07, 6.45) is 0. The second kappa shape index (κ2) is 8.52. The van der Waals surface area contributed by atoms with Crippen LogP contribution >= 0.6 is 11.3 Å². The summed E-state index contributed by atoms with van der Waals surface area (Å²) in [5, 5.41) is 3.13. The Labute approximate surface area is 185 Å². The number of hydrogen-bond acceptors (Lipinski definition) is 5. The van der Waals surface area contributed by atoms with Gasteiger partial charge in [0.1, 0.15) is 5.00 Å². The van der Waals surface area contributed by atoms with Gasteiger partial charge in [-0.3, -0.25) is 13.9 Å². The van der Waals surface area contributed by atoms with Gasteiger partial charge < -0.3 is 11.1 Å². The lowest BCUT2D eigenvalue weighted by atomic mass is 10.1. The summed E-state index contributed by atoms with van der Waals surface area (Å²) >= 11 is 1.28. The molecule has 0 atom stereocenters. The molecule has 0 unspecified atom stereocenters. The Bertz CT molecular complexity index is 1250. The molecular weight excluding hydrogens is 434 g/mol. The van der Waals surface area contributed by atoms with Crippen molar-refractivity contribution in [1.82, 2.24) is 0 Å². The highest BCUT2D eigenvalue weighted by Gasteiger charge is 2.22. The number of primary amides is 1. The number of nitrogens with two attached hydrogens (primary N) is 1. The normalized spacial score (nSPS) is 11.2. The molecule has 9 heteroatoms. The van der Waals surface area contributed by atoms with Crippen molar-refractivity contribution in [3.63, 3.8) is 0 Å². The highest BCUT2D eigenvalue weighted by molar-refractivity contribution is 7.92. The third-order valence-electron chi connectivity index (χ3n) is 5.03. The summed E-state index contributed by atoms with van der Waals surface area (Å²) in [4.78, 5) is 25.5. The highest BCUT2D eigenvalue weighted by Crippen LogP contribution is 2.32. The third kappa shape index (κ3) is 4.47. The van der Waals surface area contributed by atoms with Crippen molar-refractivity contribution in [2.75, 3.05) is 16.7 Å². The molecule has 3 aromatic rings. The first-order valence-electron chi connectivity index (χ1n) is 9.39. The molecule has 0 aliphatic carbocycles. The number of carbonyl (C=O) groups excluding carboxylic acids is 2. The number of amides is 2. The van der Waals surface area contributed by atoms with Crippen molar-refractivity contribution >= 4 is 43.9 Å². The second-order valence-corrected chi connectivity index (χ2v) is 10.3. The van der Waals surface area contributed by atoms with Crippen molar-refractivity contribution in [2.24, 2.45) is 5.73 Å². The van der Waals surface area contributed by atoms with Crippen molar-refractivity contribution < 1.29 is 18.0 Å². The Hall–Kier alpha value is -3.17. The van der Waals surface area contributed by atoms with Crippen LogP contribution in [0.1, 0.15) is 36.7 Å². The fourth-order valence-corrected chi connectivity index (χ4v) is 5.27. The van der Waals surface area contributed by atoms with E-state index in [-0.39, 0.29) is 4.90 Å². The molecule has 31 heavy (non-hydrogen) atoms. The Morgan fingerprint density at radius 1 is 0.968 bits per heavy atom. The van der Waals surface area contributed by atoms with Crippen LogP contribution in [-0.4, -0.2) is 27.3 Å². The number of sulfonamides is 1. The smallest absolute Gasteiger partial charge is 0.264 e. The molecular formula is C22H23N3O4S2. The zero-order valence-electron chi connectivity index (χ0n) is 17.6. The Kier molecular flexibility index (Phi) is 6.19. The van der Waals surface area contributed by atoms with Crippen LogP contribution in [0.5, 0.6) is 0 Å². The first-order valence-corrected chi connectivity index (χ1v) is 11.6. The maximum absolute atomic E-state index is 12.8. The van der Waals surface area contributed by atoms with Crippen LogP contribution in [0.25, 0.3) is 0 Å². The minimum absolute atomic E-state index is 0.185. The summed E-state index contributed by atoms with van der Waals surface area (Å²) in [7, 11) is -2.27. The van der Waals surface area contributed by atoms with Crippen molar-refractivity contribution in [3.05, 3.63) is 75.7 Å². The SMILES string of the molecule is Cc1ccc(S(=O)(=O)N(C)c2ccc(C(=O)Nc3sc(C)c(C)c3C(N)=O)cc2)cc1. The van der Waals surface area contributed by atoms with Crippen molar-refractivity contribution in [2.45, 2.75) is 25.7 Å². The summed E-state index contributed by atoms with van der Waals surface area (Å²) in [6.45, 7) is 5.51. The lowest BCUT2D eigenvalue weighted by Crippen LogP contribution is -2.26. The maximum Gasteiger partial charge on any atom is 0.264 e. The molecule has 3 rings (SSSR count). The molecule has 0 spiro atoms. The van der Waals surface area contributed by atoms with E-state index < -0.39 is 21.8 Å². The molecule has 0 aliphatic heterocycles. The van der Waals surface area contributed by atoms with Gasteiger partial charge in [0.2, 0.25) is 0 Å². The van der Waals surface area contributed by atoms with Crippen LogP contribution in [0.3, 0.4) is 0 Å². The van der Waals surface area contributed by atoms with Gasteiger partial charge in [0.15, 0.2) is 0 Å². The van der Waals surface area contributed by atoms with Gasteiger partial charge in [0.05, 0.1) is 16.1 Å². The van der Waals surface area contributed by atoms with E-state index in [0.717, 1.165) is 20.3 Å². The lowest BCUT2D eigenvalue weighted by molar-refractivity contribution is 0.100. The molecule has 7 nitrogen and oxygen atoms in total. The van der Waals surface area contributed by atoms with E-state index in [1.54, 1.807) is 43.3 Å². The number of thiophene rings is 1. The molecule has 0 aliphatic rings. The van der Waals surface area contributed by atoms with E-state index >= 15 is 0 Å². The molecule has 2 aromatic carbocycles. The van der Waals surface area contributed by atoms with Gasteiger partial charge in [-0.25, -0.2) is 8.42 Å². The van der Waals surface area contributed by atoms with E-state index in [2.05, 4.69) is 5.32 Å². The Morgan fingerprint density at radius 2 is 1.55 bits per heavy atom. The van der Waals surface area contributed by atoms with E-state index in [1.807, 2.05) is 13.8 Å². The zero-order valence-corrected chi connectivity index (χ0v) is 19.2. The van der Waals surface area contributed by atoms with Gasteiger partial charge in [-0.2, -0.15) is 0 Å². The minimum Gasteiger partial charge on any atom is -0.365 e. The van der Waals surface area contributed by atoms with E-state index in [0.29, 0.717) is 21.8 Å². The predicted molar refractivity (Wildman–Crippen MR) is 123 cm³/mol. The maximum atomic E-state index is 12.8. The topological polar surface area (TPSA) is 110 Å². The molecule has 0 radical (unpaired) electrons. The van der Waals surface area contributed by atoms with Crippen LogP contribution in [0.15, 0.2) is 53.4 Å². The molecule has 1 aromatic heterocycles. The number of aryl methyl sites for hydroxylation is 2. The monoisotopic (exact) mass is 457 g/mol. The number of nitrogens with one attached hydrogen (secondary N) is 1. The number of carbonyl (C=O) groups is 2. The Balaban J connectivity index is 1.81. The third-order valence-corrected chi connectivity index (χ3v) is 7.95. The summed E-state index contributed by atoms with van der Waals surface area (Å²) in [5.41, 5.74) is 8.19. The Morgan fingerprint density at radius 3 is 2.10 bits per heavy atom. The average molecular weight is 458 g/mol. The number of hydrogen-bond donors (Lipinski definition) is 2. The quantitative estimate of drug-likeness (QED) is 0.586. The summed E-state index contributed by atoms with van der Waals surface area (Å²) in [5.74, 6) is -1.02. The van der Waals surface area contributed by atoms with Gasteiger partial charge in [0.25, 0.3) is 21.8 Å². The molecule has 0 saturated heterocycles. The largest absolute Gasteiger partial charge is 0.365 e. The average Bonchev–Trinajstić information content (AvgIpc) is 3.01. The van der Waals surface area contributed by atoms with E-state index in [9.17, 15) is 18.0 Å². The number of benzene rings is 2. The molecule has 2 amide bonds. The molecule has 0 fully saturated rings. The highest BCUT2D eigenvalue weighted by atomic mass is 32.2. The lowest BCUT2D eigenvalue weighted by Gasteiger charge is -2.20. The fourth-order valence-electron chi connectivity index (χ4n) is 3.02. The zero-order chi connectivity index (χ0) is 22.9.